The molecule has 2 N–H and O–H groups in total. The molecule has 2 rings (SSSR count). The third-order valence-corrected chi connectivity index (χ3v) is 2.69. The number of ether oxygens (including phenoxy) is 1. The lowest BCUT2D eigenvalue weighted by Gasteiger charge is -2.23. The molecule has 2 aromatic rings. The summed E-state index contributed by atoms with van der Waals surface area (Å²) < 4.78 is 4.72. The summed E-state index contributed by atoms with van der Waals surface area (Å²) in [5.41, 5.74) is 0.882. The molecule has 0 saturated heterocycles. The molecular weight excluding hydrogens is 244 g/mol. The molecular formula is C13H16N4O2. The van der Waals surface area contributed by atoms with Gasteiger partial charge in [-0.15, -0.1) is 10.2 Å². The number of methoxy groups -OCH3 is 1. The first-order valence-electron chi connectivity index (χ1n) is 5.86. The summed E-state index contributed by atoms with van der Waals surface area (Å²) in [5.74, 6) is 0.165. The van der Waals surface area contributed by atoms with Gasteiger partial charge in [-0.2, -0.15) is 0 Å². The number of nitrogens with zero attached hydrogens (tertiary/aromatic N) is 2. The number of nitrogens with one attached hydrogen (secondary N) is 2. The second kappa shape index (κ2) is 5.09. The van der Waals surface area contributed by atoms with Gasteiger partial charge in [-0.05, 0) is 32.0 Å². The number of hydrogen-bond acceptors (Lipinski definition) is 5. The fourth-order valence-corrected chi connectivity index (χ4v) is 1.66. The van der Waals surface area contributed by atoms with Crippen LogP contribution in [0.2, 0.25) is 0 Å². The van der Waals surface area contributed by atoms with Gasteiger partial charge in [-0.3, -0.25) is 0 Å². The molecule has 0 atom stereocenters. The Balaban J connectivity index is 2.13. The quantitative estimate of drug-likeness (QED) is 0.820. The summed E-state index contributed by atoms with van der Waals surface area (Å²) in [6.07, 6.45) is 3.67. The summed E-state index contributed by atoms with van der Waals surface area (Å²) in [7, 11) is 1.35. The lowest BCUT2D eigenvalue weighted by molar-refractivity contribution is -0.144. The zero-order chi connectivity index (χ0) is 13.9. The molecule has 0 radical (unpaired) electrons. The lowest BCUT2D eigenvalue weighted by Crippen LogP contribution is -2.41. The van der Waals surface area contributed by atoms with E-state index in [1.165, 1.54) is 7.11 Å². The Hall–Kier alpha value is -2.37. The highest BCUT2D eigenvalue weighted by Crippen LogP contribution is 2.18. The van der Waals surface area contributed by atoms with Crippen molar-refractivity contribution in [2.75, 3.05) is 12.4 Å². The predicted octanol–water partition coefficient (Wildman–Crippen LogP) is 1.84. The number of anilines is 1. The highest BCUT2D eigenvalue weighted by atomic mass is 16.5. The van der Waals surface area contributed by atoms with Crippen molar-refractivity contribution in [1.82, 2.24) is 15.2 Å². The van der Waals surface area contributed by atoms with E-state index in [0.29, 0.717) is 5.82 Å². The fourth-order valence-electron chi connectivity index (χ4n) is 1.66. The van der Waals surface area contributed by atoms with Gasteiger partial charge in [0.05, 0.1) is 12.8 Å². The Morgan fingerprint density at radius 3 is 2.63 bits per heavy atom. The Morgan fingerprint density at radius 2 is 2.11 bits per heavy atom. The van der Waals surface area contributed by atoms with Crippen LogP contribution in [0.1, 0.15) is 13.8 Å². The van der Waals surface area contributed by atoms with Crippen molar-refractivity contribution in [3.63, 3.8) is 0 Å². The molecule has 0 bridgehead atoms. The summed E-state index contributed by atoms with van der Waals surface area (Å²) >= 11 is 0. The monoisotopic (exact) mass is 260 g/mol. The van der Waals surface area contributed by atoms with Crippen LogP contribution in [0, 0.1) is 0 Å². The summed E-state index contributed by atoms with van der Waals surface area (Å²) in [4.78, 5) is 14.5. The molecule has 2 heterocycles. The average molecular weight is 260 g/mol. The van der Waals surface area contributed by atoms with Crippen LogP contribution in [-0.2, 0) is 9.53 Å². The molecule has 0 aliphatic heterocycles. The normalized spacial score (nSPS) is 11.1. The van der Waals surface area contributed by atoms with E-state index in [9.17, 15) is 4.79 Å². The van der Waals surface area contributed by atoms with Gasteiger partial charge in [0.1, 0.15) is 11.4 Å². The smallest absolute Gasteiger partial charge is 0.330 e. The molecule has 0 unspecified atom stereocenters. The number of aromatic nitrogens is 3. The van der Waals surface area contributed by atoms with E-state index in [0.717, 1.165) is 11.3 Å². The van der Waals surface area contributed by atoms with Crippen molar-refractivity contribution in [2.45, 2.75) is 19.4 Å². The van der Waals surface area contributed by atoms with Gasteiger partial charge in [-0.1, -0.05) is 0 Å². The number of H-pyrrole nitrogens is 1. The van der Waals surface area contributed by atoms with Crippen molar-refractivity contribution < 1.29 is 9.53 Å². The first-order valence-corrected chi connectivity index (χ1v) is 5.86. The number of esters is 1. The molecule has 2 aromatic heterocycles. The average Bonchev–Trinajstić information content (AvgIpc) is 2.92. The van der Waals surface area contributed by atoms with Gasteiger partial charge >= 0.3 is 5.97 Å². The lowest BCUT2D eigenvalue weighted by atomic mass is 10.1. The van der Waals surface area contributed by atoms with Crippen LogP contribution in [0.3, 0.4) is 0 Å². The van der Waals surface area contributed by atoms with Crippen LogP contribution in [0.25, 0.3) is 11.3 Å². The summed E-state index contributed by atoms with van der Waals surface area (Å²) in [5, 5.41) is 11.1. The third-order valence-electron chi connectivity index (χ3n) is 2.69. The molecule has 0 spiro atoms. The van der Waals surface area contributed by atoms with Crippen LogP contribution in [0.5, 0.6) is 0 Å². The summed E-state index contributed by atoms with van der Waals surface area (Å²) in [6.45, 7) is 3.45. The maximum atomic E-state index is 11.6. The van der Waals surface area contributed by atoms with Crippen LogP contribution in [-0.4, -0.2) is 33.8 Å². The van der Waals surface area contributed by atoms with Crippen LogP contribution in [0.4, 0.5) is 5.82 Å². The Kier molecular flexibility index (Phi) is 3.50. The zero-order valence-electron chi connectivity index (χ0n) is 11.1. The molecule has 19 heavy (non-hydrogen) atoms. The molecule has 0 aliphatic carbocycles. The number of aromatic amines is 1. The second-order valence-electron chi connectivity index (χ2n) is 4.65. The minimum Gasteiger partial charge on any atom is -0.467 e. The van der Waals surface area contributed by atoms with Gasteiger partial charge in [-0.25, -0.2) is 4.79 Å². The van der Waals surface area contributed by atoms with E-state index in [1.54, 1.807) is 19.9 Å². The minimum absolute atomic E-state index is 0.357. The topological polar surface area (TPSA) is 79.9 Å². The first kappa shape index (κ1) is 13.1. The maximum absolute atomic E-state index is 11.6. The molecule has 0 saturated carbocycles. The first-order chi connectivity index (χ1) is 9.03. The van der Waals surface area contributed by atoms with Gasteiger partial charge in [0.2, 0.25) is 0 Å². The number of rotatable bonds is 4. The molecule has 0 fully saturated rings. The van der Waals surface area contributed by atoms with Gasteiger partial charge < -0.3 is 15.0 Å². The van der Waals surface area contributed by atoms with Crippen LogP contribution < -0.4 is 5.32 Å². The number of carbonyl (C=O) groups is 1. The highest BCUT2D eigenvalue weighted by Gasteiger charge is 2.28. The van der Waals surface area contributed by atoms with E-state index in [1.807, 2.05) is 24.5 Å². The van der Waals surface area contributed by atoms with Gasteiger partial charge in [0, 0.05) is 18.0 Å². The van der Waals surface area contributed by atoms with Crippen molar-refractivity contribution in [2.24, 2.45) is 0 Å². The number of carbonyl (C=O) groups excluding carboxylic acids is 1. The van der Waals surface area contributed by atoms with Crippen molar-refractivity contribution in [1.29, 1.82) is 0 Å². The van der Waals surface area contributed by atoms with E-state index < -0.39 is 5.54 Å². The SMILES string of the molecule is COC(=O)C(C)(C)Nc1ccc(-c2cc[nH]c2)nn1. The van der Waals surface area contributed by atoms with E-state index in [2.05, 4.69) is 20.5 Å². The molecule has 0 aromatic carbocycles. The predicted molar refractivity (Wildman–Crippen MR) is 71.5 cm³/mol. The second-order valence-corrected chi connectivity index (χ2v) is 4.65. The Morgan fingerprint density at radius 1 is 1.32 bits per heavy atom. The highest BCUT2D eigenvalue weighted by molar-refractivity contribution is 5.83. The van der Waals surface area contributed by atoms with Crippen molar-refractivity contribution in [3.8, 4) is 11.3 Å². The van der Waals surface area contributed by atoms with Gasteiger partial charge in [0.15, 0.2) is 0 Å². The van der Waals surface area contributed by atoms with Gasteiger partial charge in [0.25, 0.3) is 0 Å². The molecule has 0 amide bonds. The zero-order valence-corrected chi connectivity index (χ0v) is 11.1. The van der Waals surface area contributed by atoms with Crippen molar-refractivity contribution in [3.05, 3.63) is 30.6 Å². The van der Waals surface area contributed by atoms with E-state index in [-0.39, 0.29) is 5.97 Å². The molecule has 0 aliphatic rings. The molecule has 100 valence electrons. The summed E-state index contributed by atoms with van der Waals surface area (Å²) in [6, 6.07) is 5.53. The maximum Gasteiger partial charge on any atom is 0.330 e. The standard InChI is InChI=1S/C13H16N4O2/c1-13(2,12(18)19-3)15-11-5-4-10(16-17-11)9-6-7-14-8-9/h4-8,14H,1-3H3,(H,15,17). The van der Waals surface area contributed by atoms with E-state index in [4.69, 9.17) is 4.74 Å². The Labute approximate surface area is 111 Å². The minimum atomic E-state index is -0.848. The fraction of sp³-hybridized carbons (Fsp3) is 0.308. The molecule has 6 nitrogen and oxygen atoms in total. The van der Waals surface area contributed by atoms with Crippen LogP contribution >= 0.6 is 0 Å². The Bertz CT molecular complexity index is 547. The largest absolute Gasteiger partial charge is 0.467 e. The molecule has 6 heteroatoms. The third kappa shape index (κ3) is 2.90. The number of hydrogen-bond donors (Lipinski definition) is 2. The van der Waals surface area contributed by atoms with E-state index >= 15 is 0 Å². The van der Waals surface area contributed by atoms with Crippen molar-refractivity contribution >= 4 is 11.8 Å². The van der Waals surface area contributed by atoms with Crippen LogP contribution in [0.15, 0.2) is 30.6 Å².